The number of rotatable bonds is 6. The fraction of sp³-hybridized carbons (Fsp3) is 0.0909. The van der Waals surface area contributed by atoms with Gasteiger partial charge in [0.2, 0.25) is 0 Å². The molecule has 0 aromatic heterocycles. The van der Waals surface area contributed by atoms with Crippen molar-refractivity contribution in [3.05, 3.63) is 95.6 Å². The molecule has 0 unspecified atom stereocenters. The normalized spacial score (nSPS) is 10.0. The van der Waals surface area contributed by atoms with E-state index in [4.69, 9.17) is 0 Å². The minimum atomic E-state index is -0.372. The molecule has 159 valence electrons. The molecule has 2 amide bonds. The maximum atomic E-state index is 12.7. The van der Waals surface area contributed by atoms with Gasteiger partial charge in [-0.2, -0.15) is 5.10 Å². The van der Waals surface area contributed by atoms with Gasteiger partial charge in [0.05, 0.1) is 6.21 Å². The molecule has 0 fully saturated rings. The van der Waals surface area contributed by atoms with Crippen molar-refractivity contribution in [2.45, 2.75) is 13.1 Å². The molecule has 3 rings (SSSR count). The fourth-order valence-electron chi connectivity index (χ4n) is 2.68. The molecule has 6 nitrogen and oxygen atoms in total. The van der Waals surface area contributed by atoms with Gasteiger partial charge in [-0.15, -0.1) is 0 Å². The number of urea groups is 1. The summed E-state index contributed by atoms with van der Waals surface area (Å²) >= 11 is 0. The Morgan fingerprint density at radius 3 is 1.97 bits per heavy atom. The van der Waals surface area contributed by atoms with Crippen LogP contribution >= 0.6 is 0 Å². The average Bonchev–Trinajstić information content (AvgIpc) is 2.71. The van der Waals surface area contributed by atoms with Crippen molar-refractivity contribution in [1.82, 2.24) is 10.3 Å². The molecule has 0 saturated carbocycles. The molecular weight excluding hydrogens is 453 g/mol. The molecule has 1 radical (unpaired) electrons. The maximum Gasteiger partial charge on any atom is 2.00 e. The summed E-state index contributed by atoms with van der Waals surface area (Å²) in [6.07, 6.45) is 1.29. The molecule has 30 heavy (non-hydrogen) atoms. The minimum Gasteiger partial charge on any atom is -1.00 e. The van der Waals surface area contributed by atoms with E-state index < -0.39 is 0 Å². The third-order valence-corrected chi connectivity index (χ3v) is 4.09. The molecule has 0 atom stereocenters. The van der Waals surface area contributed by atoms with E-state index in [1.54, 1.807) is 4.90 Å². The summed E-state index contributed by atoms with van der Waals surface area (Å²) in [4.78, 5) is 14.3. The van der Waals surface area contributed by atoms with Gasteiger partial charge in [-0.05, 0) is 29.3 Å². The van der Waals surface area contributed by atoms with E-state index in [0.717, 1.165) is 11.1 Å². The molecule has 3 aromatic rings. The van der Waals surface area contributed by atoms with Crippen LogP contribution in [0.4, 0.5) is 4.79 Å². The van der Waals surface area contributed by atoms with Crippen LogP contribution in [0.25, 0.3) is 0 Å². The number of nitrogens with zero attached hydrogens (tertiary/aromatic N) is 2. The molecule has 0 heterocycles. The largest absolute Gasteiger partial charge is 2.00 e. The van der Waals surface area contributed by atoms with E-state index in [-0.39, 0.29) is 47.0 Å². The SMILES string of the molecule is O=C(N/N=C/c1cc(O)ccc1O)N(Cc1ccccc1)Cc1ccccc1.[Cl-].[Cu+2]. The first-order valence-corrected chi connectivity index (χ1v) is 8.79. The van der Waals surface area contributed by atoms with Gasteiger partial charge in [0, 0.05) is 18.7 Å². The molecule has 8 heteroatoms. The second kappa shape index (κ2) is 12.5. The van der Waals surface area contributed by atoms with Crippen molar-refractivity contribution >= 4 is 12.2 Å². The minimum absolute atomic E-state index is 0. The Balaban J connectivity index is 0.00000225. The summed E-state index contributed by atoms with van der Waals surface area (Å²) in [5, 5.41) is 23.2. The predicted molar refractivity (Wildman–Crippen MR) is 108 cm³/mol. The monoisotopic (exact) mass is 473 g/mol. The van der Waals surface area contributed by atoms with E-state index in [1.165, 1.54) is 24.4 Å². The van der Waals surface area contributed by atoms with Crippen molar-refractivity contribution in [2.24, 2.45) is 5.10 Å². The van der Waals surface area contributed by atoms with E-state index in [1.807, 2.05) is 60.7 Å². The van der Waals surface area contributed by atoms with Crippen molar-refractivity contribution < 1.29 is 44.5 Å². The first-order chi connectivity index (χ1) is 13.6. The van der Waals surface area contributed by atoms with Crippen LogP contribution in [-0.2, 0) is 30.2 Å². The Labute approximate surface area is 192 Å². The number of hydrogen-bond donors (Lipinski definition) is 3. The molecule has 0 spiro atoms. The van der Waals surface area contributed by atoms with Crippen LogP contribution in [0.2, 0.25) is 0 Å². The summed E-state index contributed by atoms with van der Waals surface area (Å²) in [6.45, 7) is 0.850. The van der Waals surface area contributed by atoms with Crippen LogP contribution in [0.3, 0.4) is 0 Å². The molecule has 3 N–H and O–H groups in total. The molecule has 0 saturated heterocycles. The second-order valence-corrected chi connectivity index (χ2v) is 6.25. The number of phenols is 2. The Morgan fingerprint density at radius 2 is 1.43 bits per heavy atom. The number of hydrogen-bond acceptors (Lipinski definition) is 4. The second-order valence-electron chi connectivity index (χ2n) is 6.25. The van der Waals surface area contributed by atoms with Crippen LogP contribution in [0, 0.1) is 0 Å². The summed E-state index contributed by atoms with van der Waals surface area (Å²) in [5.41, 5.74) is 4.79. The third kappa shape index (κ3) is 7.44. The van der Waals surface area contributed by atoms with Crippen LogP contribution in [-0.4, -0.2) is 27.4 Å². The summed E-state index contributed by atoms with van der Waals surface area (Å²) < 4.78 is 0. The number of amides is 2. The van der Waals surface area contributed by atoms with Crippen molar-refractivity contribution in [3.8, 4) is 11.5 Å². The molecule has 3 aromatic carbocycles. The van der Waals surface area contributed by atoms with Gasteiger partial charge in [-0.3, -0.25) is 0 Å². The molecular formula is C22H21ClCuN3O3+. The van der Waals surface area contributed by atoms with E-state index >= 15 is 0 Å². The van der Waals surface area contributed by atoms with Gasteiger partial charge in [0.25, 0.3) is 0 Å². The smallest absolute Gasteiger partial charge is 1.00 e. The Kier molecular flexibility index (Phi) is 10.5. The Hall–Kier alpha value is -2.99. The van der Waals surface area contributed by atoms with E-state index in [9.17, 15) is 15.0 Å². The summed E-state index contributed by atoms with van der Waals surface area (Å²) in [7, 11) is 0. The van der Waals surface area contributed by atoms with Gasteiger partial charge < -0.3 is 27.5 Å². The number of carbonyl (C=O) groups is 1. The average molecular weight is 474 g/mol. The maximum absolute atomic E-state index is 12.7. The van der Waals surface area contributed by atoms with Crippen LogP contribution in [0.15, 0.2) is 84.0 Å². The zero-order valence-corrected chi connectivity index (χ0v) is 17.6. The topological polar surface area (TPSA) is 85.2 Å². The molecule has 0 bridgehead atoms. The molecule has 0 aliphatic heterocycles. The van der Waals surface area contributed by atoms with Crippen molar-refractivity contribution in [1.29, 1.82) is 0 Å². The quantitative estimate of drug-likeness (QED) is 0.214. The van der Waals surface area contributed by atoms with Crippen LogP contribution in [0.5, 0.6) is 11.5 Å². The number of phenolic OH excluding ortho intramolecular Hbond substituents is 2. The number of carbonyl (C=O) groups excluding carboxylic acids is 1. The standard InChI is InChI=1S/C22H21N3O3.ClH.Cu/c26-20-11-12-21(27)19(13-20)14-23-24-22(28)25(15-17-7-3-1-4-8-17)16-18-9-5-2-6-10-18;;/h1-14,26-27H,15-16H2,(H,24,28);1H;/q;;+2/p-1/b23-14+;;. The van der Waals surface area contributed by atoms with Crippen molar-refractivity contribution in [2.75, 3.05) is 0 Å². The Morgan fingerprint density at radius 1 is 0.900 bits per heavy atom. The molecule has 0 aliphatic rings. The number of halogens is 1. The summed E-state index contributed by atoms with van der Waals surface area (Å²) in [5.74, 6) is -0.0402. The third-order valence-electron chi connectivity index (χ3n) is 4.09. The number of aromatic hydroxyl groups is 2. The number of hydrazone groups is 1. The number of nitrogens with one attached hydrogen (secondary N) is 1. The molecule has 0 aliphatic carbocycles. The zero-order valence-electron chi connectivity index (χ0n) is 15.9. The first kappa shape index (κ1) is 25.0. The van der Waals surface area contributed by atoms with E-state index in [2.05, 4.69) is 10.5 Å². The fourth-order valence-corrected chi connectivity index (χ4v) is 2.68. The van der Waals surface area contributed by atoms with Crippen LogP contribution in [0.1, 0.15) is 16.7 Å². The summed E-state index contributed by atoms with van der Waals surface area (Å²) in [6, 6.07) is 23.1. The van der Waals surface area contributed by atoms with E-state index in [0.29, 0.717) is 18.7 Å². The van der Waals surface area contributed by atoms with Gasteiger partial charge in [0.1, 0.15) is 11.5 Å². The van der Waals surface area contributed by atoms with Gasteiger partial charge in [-0.1, -0.05) is 60.7 Å². The number of benzene rings is 3. The van der Waals surface area contributed by atoms with Gasteiger partial charge in [0.15, 0.2) is 0 Å². The first-order valence-electron chi connectivity index (χ1n) is 8.79. The van der Waals surface area contributed by atoms with Crippen molar-refractivity contribution in [3.63, 3.8) is 0 Å². The predicted octanol–water partition coefficient (Wildman–Crippen LogP) is 0.845. The zero-order chi connectivity index (χ0) is 19.8. The Bertz CT molecular complexity index is 915. The van der Waals surface area contributed by atoms with Crippen LogP contribution < -0.4 is 17.8 Å². The van der Waals surface area contributed by atoms with Gasteiger partial charge >= 0.3 is 23.1 Å². The van der Waals surface area contributed by atoms with Gasteiger partial charge in [-0.25, -0.2) is 10.2 Å².